The third kappa shape index (κ3) is 4.40. The maximum absolute atomic E-state index is 13.7. The molecule has 5 heteroatoms. The van der Waals surface area contributed by atoms with Gasteiger partial charge in [-0.1, -0.05) is 43.3 Å². The van der Waals surface area contributed by atoms with Gasteiger partial charge in [0, 0.05) is 12.7 Å². The lowest BCUT2D eigenvalue weighted by atomic mass is 10.0. The van der Waals surface area contributed by atoms with Gasteiger partial charge in [-0.25, -0.2) is 4.90 Å². The molecule has 33 heavy (non-hydrogen) atoms. The van der Waals surface area contributed by atoms with E-state index in [1.165, 1.54) is 4.90 Å². The second-order valence-corrected chi connectivity index (χ2v) is 8.28. The maximum Gasteiger partial charge on any atom is 0.282 e. The molecule has 4 rings (SSSR count). The lowest BCUT2D eigenvalue weighted by Crippen LogP contribution is -2.34. The molecule has 0 spiro atoms. The van der Waals surface area contributed by atoms with Gasteiger partial charge in [-0.3, -0.25) is 9.59 Å². The fourth-order valence-electron chi connectivity index (χ4n) is 4.12. The number of para-hydroxylation sites is 1. The molecular formula is C28H28N2O3. The topological polar surface area (TPSA) is 49.9 Å². The van der Waals surface area contributed by atoms with E-state index in [9.17, 15) is 9.59 Å². The molecule has 0 fully saturated rings. The number of aryl methyl sites for hydroxylation is 2. The summed E-state index contributed by atoms with van der Waals surface area (Å²) in [6.45, 7) is 6.60. The van der Waals surface area contributed by atoms with Gasteiger partial charge in [0.1, 0.15) is 11.4 Å². The Bertz CT molecular complexity index is 1190. The summed E-state index contributed by atoms with van der Waals surface area (Å²) in [5, 5.41) is 0. The molecule has 0 unspecified atom stereocenters. The van der Waals surface area contributed by atoms with Gasteiger partial charge in [0.25, 0.3) is 11.8 Å². The van der Waals surface area contributed by atoms with E-state index >= 15 is 0 Å². The van der Waals surface area contributed by atoms with E-state index in [0.29, 0.717) is 29.1 Å². The molecule has 1 aliphatic rings. The number of amides is 2. The van der Waals surface area contributed by atoms with Gasteiger partial charge in [-0.05, 0) is 73.4 Å². The van der Waals surface area contributed by atoms with Crippen LogP contribution in [0.25, 0.3) is 5.57 Å². The van der Waals surface area contributed by atoms with E-state index in [2.05, 4.69) is 6.92 Å². The Morgan fingerprint density at radius 3 is 2.09 bits per heavy atom. The second-order valence-electron chi connectivity index (χ2n) is 8.28. The van der Waals surface area contributed by atoms with Crippen LogP contribution in [0, 0.1) is 13.8 Å². The fourth-order valence-corrected chi connectivity index (χ4v) is 4.12. The first-order valence-corrected chi connectivity index (χ1v) is 11.1. The van der Waals surface area contributed by atoms with Crippen molar-refractivity contribution in [2.24, 2.45) is 0 Å². The number of carbonyl (C=O) groups excluding carboxylic acids is 2. The molecular weight excluding hydrogens is 412 g/mol. The van der Waals surface area contributed by atoms with Crippen molar-refractivity contribution in [2.75, 3.05) is 23.5 Å². The normalized spacial score (nSPS) is 13.6. The summed E-state index contributed by atoms with van der Waals surface area (Å²) < 4.78 is 5.69. The first kappa shape index (κ1) is 22.3. The van der Waals surface area contributed by atoms with E-state index in [0.717, 1.165) is 29.0 Å². The summed E-state index contributed by atoms with van der Waals surface area (Å²) in [6.07, 6.45) is 0.913. The highest BCUT2D eigenvalue weighted by Gasteiger charge is 2.42. The molecule has 3 aromatic carbocycles. The van der Waals surface area contributed by atoms with Crippen LogP contribution in [0.4, 0.5) is 11.4 Å². The highest BCUT2D eigenvalue weighted by Crippen LogP contribution is 2.37. The van der Waals surface area contributed by atoms with E-state index in [1.54, 1.807) is 4.90 Å². The molecule has 0 aromatic heterocycles. The maximum atomic E-state index is 13.7. The molecule has 0 bridgehead atoms. The zero-order valence-corrected chi connectivity index (χ0v) is 19.5. The summed E-state index contributed by atoms with van der Waals surface area (Å²) in [6, 6.07) is 22.7. The third-order valence-electron chi connectivity index (χ3n) is 5.62. The summed E-state index contributed by atoms with van der Waals surface area (Å²) in [7, 11) is 1.82. The number of likely N-dealkylation sites (N-methyl/N-ethyl adjacent to an activating group) is 1. The molecule has 0 N–H and O–H groups in total. The number of nitrogens with zero attached hydrogens (tertiary/aromatic N) is 2. The van der Waals surface area contributed by atoms with Crippen LogP contribution < -0.4 is 14.5 Å². The van der Waals surface area contributed by atoms with E-state index in [-0.39, 0.29) is 11.8 Å². The highest BCUT2D eigenvalue weighted by atomic mass is 16.5. The Morgan fingerprint density at radius 2 is 1.48 bits per heavy atom. The standard InChI is InChI=1S/C28H28N2O3/c1-5-15-33-24-13-11-21(12-14-24)25-26(29(4)22-9-7-6-8-10-22)28(32)30(27(25)31)23-17-19(2)16-20(3)18-23/h6-14,16-18H,5,15H2,1-4H3. The van der Waals surface area contributed by atoms with Gasteiger partial charge in [0.15, 0.2) is 0 Å². The number of rotatable bonds is 7. The summed E-state index contributed by atoms with van der Waals surface area (Å²) in [4.78, 5) is 30.5. The average molecular weight is 441 g/mol. The van der Waals surface area contributed by atoms with Crippen LogP contribution in [0.15, 0.2) is 78.5 Å². The Balaban J connectivity index is 1.82. The van der Waals surface area contributed by atoms with Crippen molar-refractivity contribution in [2.45, 2.75) is 27.2 Å². The monoisotopic (exact) mass is 440 g/mol. The number of carbonyl (C=O) groups is 2. The van der Waals surface area contributed by atoms with Crippen molar-refractivity contribution < 1.29 is 14.3 Å². The molecule has 3 aromatic rings. The van der Waals surface area contributed by atoms with Crippen LogP contribution in [-0.2, 0) is 9.59 Å². The molecule has 0 saturated carbocycles. The first-order chi connectivity index (χ1) is 15.9. The van der Waals surface area contributed by atoms with Gasteiger partial charge in [0.05, 0.1) is 17.9 Å². The highest BCUT2D eigenvalue weighted by molar-refractivity contribution is 6.46. The van der Waals surface area contributed by atoms with Crippen LogP contribution in [0.1, 0.15) is 30.0 Å². The zero-order valence-electron chi connectivity index (χ0n) is 19.5. The fraction of sp³-hybridized carbons (Fsp3) is 0.214. The number of hydrogen-bond donors (Lipinski definition) is 0. The van der Waals surface area contributed by atoms with Crippen molar-refractivity contribution in [3.8, 4) is 5.75 Å². The minimum absolute atomic E-state index is 0.329. The van der Waals surface area contributed by atoms with Gasteiger partial charge in [-0.15, -0.1) is 0 Å². The van der Waals surface area contributed by atoms with Crippen LogP contribution >= 0.6 is 0 Å². The molecule has 1 heterocycles. The van der Waals surface area contributed by atoms with Gasteiger partial charge < -0.3 is 9.64 Å². The number of hydrogen-bond acceptors (Lipinski definition) is 4. The first-order valence-electron chi connectivity index (χ1n) is 11.1. The summed E-state index contributed by atoms with van der Waals surface area (Å²) in [5.74, 6) is 0.0739. The van der Waals surface area contributed by atoms with Crippen molar-refractivity contribution in [3.63, 3.8) is 0 Å². The summed E-state index contributed by atoms with van der Waals surface area (Å²) >= 11 is 0. The molecule has 0 aliphatic carbocycles. The molecule has 0 saturated heterocycles. The van der Waals surface area contributed by atoms with Gasteiger partial charge >= 0.3 is 0 Å². The SMILES string of the molecule is CCCOc1ccc(C2=C(N(C)c3ccccc3)C(=O)N(c3cc(C)cc(C)c3)C2=O)cc1. The van der Waals surface area contributed by atoms with Gasteiger partial charge in [-0.2, -0.15) is 0 Å². The number of ether oxygens (including phenoxy) is 1. The van der Waals surface area contributed by atoms with Crippen molar-refractivity contribution in [1.82, 2.24) is 0 Å². The predicted octanol–water partition coefficient (Wildman–Crippen LogP) is 5.51. The minimum atomic E-state index is -0.335. The lowest BCUT2D eigenvalue weighted by molar-refractivity contribution is -0.120. The molecule has 2 amide bonds. The number of anilines is 2. The van der Waals surface area contributed by atoms with E-state index in [4.69, 9.17) is 4.74 Å². The summed E-state index contributed by atoms with van der Waals surface area (Å²) in [5.41, 5.74) is 4.82. The molecule has 1 aliphatic heterocycles. The van der Waals surface area contributed by atoms with E-state index < -0.39 is 0 Å². The average Bonchev–Trinajstić information content (AvgIpc) is 3.07. The van der Waals surface area contributed by atoms with Crippen LogP contribution in [0.2, 0.25) is 0 Å². The van der Waals surface area contributed by atoms with Crippen LogP contribution in [-0.4, -0.2) is 25.5 Å². The van der Waals surface area contributed by atoms with Crippen LogP contribution in [0.3, 0.4) is 0 Å². The largest absolute Gasteiger partial charge is 0.494 e. The Hall–Kier alpha value is -3.86. The molecule has 168 valence electrons. The predicted molar refractivity (Wildman–Crippen MR) is 132 cm³/mol. The second kappa shape index (κ2) is 9.33. The smallest absolute Gasteiger partial charge is 0.282 e. The number of benzene rings is 3. The third-order valence-corrected chi connectivity index (χ3v) is 5.62. The van der Waals surface area contributed by atoms with Crippen molar-refractivity contribution in [3.05, 3.63) is 95.2 Å². The Labute approximate surface area is 194 Å². The van der Waals surface area contributed by atoms with Crippen molar-refractivity contribution in [1.29, 1.82) is 0 Å². The quantitative estimate of drug-likeness (QED) is 0.455. The van der Waals surface area contributed by atoms with Crippen molar-refractivity contribution >= 4 is 28.8 Å². The number of imide groups is 1. The molecule has 0 radical (unpaired) electrons. The lowest BCUT2D eigenvalue weighted by Gasteiger charge is -2.22. The van der Waals surface area contributed by atoms with Gasteiger partial charge in [0.2, 0.25) is 0 Å². The Kier molecular flexibility index (Phi) is 6.31. The van der Waals surface area contributed by atoms with Crippen LogP contribution in [0.5, 0.6) is 5.75 Å². The molecule has 5 nitrogen and oxygen atoms in total. The molecule has 0 atom stereocenters. The minimum Gasteiger partial charge on any atom is -0.494 e. The Morgan fingerprint density at radius 1 is 0.848 bits per heavy atom. The van der Waals surface area contributed by atoms with E-state index in [1.807, 2.05) is 93.7 Å². The zero-order chi connectivity index (χ0) is 23.5.